The number of aromatic hydroxyl groups is 1. The third kappa shape index (κ3) is 3.50. The SMILES string of the molecule is O=c1[nH]c(O)c(C=c2cnn3c(=NC4CC4)nc(Nc4ccc(F)c(Cl)c4)nc23)[nH]1. The van der Waals surface area contributed by atoms with Crippen LogP contribution in [0.2, 0.25) is 5.02 Å². The lowest BCUT2D eigenvalue weighted by molar-refractivity contribution is 0.454. The average Bonchev–Trinajstić information content (AvgIpc) is 3.34. The molecule has 1 aliphatic carbocycles. The summed E-state index contributed by atoms with van der Waals surface area (Å²) in [4.78, 5) is 29.6. The molecule has 0 bridgehead atoms. The fourth-order valence-electron chi connectivity index (χ4n) is 2.84. The minimum atomic E-state index is -0.537. The van der Waals surface area contributed by atoms with Crippen LogP contribution in [0.25, 0.3) is 11.7 Å². The molecule has 0 radical (unpaired) electrons. The van der Waals surface area contributed by atoms with E-state index in [-0.39, 0.29) is 28.6 Å². The molecule has 1 fully saturated rings. The van der Waals surface area contributed by atoms with Crippen molar-refractivity contribution in [1.29, 1.82) is 0 Å². The summed E-state index contributed by atoms with van der Waals surface area (Å²) in [6.45, 7) is 0. The first-order valence-electron chi connectivity index (χ1n) is 9.01. The Morgan fingerprint density at radius 2 is 2.17 bits per heavy atom. The molecule has 4 N–H and O–H groups in total. The number of rotatable bonds is 4. The zero-order valence-corrected chi connectivity index (χ0v) is 16.0. The van der Waals surface area contributed by atoms with Crippen LogP contribution in [-0.4, -0.2) is 40.7 Å². The second kappa shape index (κ2) is 6.95. The minimum Gasteiger partial charge on any atom is -0.493 e. The van der Waals surface area contributed by atoms with Crippen molar-refractivity contribution in [3.8, 4) is 5.88 Å². The summed E-state index contributed by atoms with van der Waals surface area (Å²) < 4.78 is 14.9. The molecule has 0 amide bonds. The van der Waals surface area contributed by atoms with Gasteiger partial charge in [-0.1, -0.05) is 11.6 Å². The fourth-order valence-corrected chi connectivity index (χ4v) is 3.02. The van der Waals surface area contributed by atoms with Crippen molar-refractivity contribution in [3.05, 3.63) is 62.3 Å². The average molecular weight is 429 g/mol. The first kappa shape index (κ1) is 18.3. The maximum Gasteiger partial charge on any atom is 0.326 e. The normalized spacial score (nSPS) is 15.3. The number of aromatic amines is 2. The molecule has 5 rings (SSSR count). The number of fused-ring (bicyclic) bond motifs is 1. The summed E-state index contributed by atoms with van der Waals surface area (Å²) >= 11 is 5.85. The van der Waals surface area contributed by atoms with Crippen molar-refractivity contribution in [2.24, 2.45) is 4.99 Å². The van der Waals surface area contributed by atoms with Crippen LogP contribution in [0.1, 0.15) is 18.5 Å². The molecular formula is C18H14ClFN8O2. The number of nitrogens with one attached hydrogen (secondary N) is 3. The lowest BCUT2D eigenvalue weighted by Crippen LogP contribution is -2.24. The number of aromatic nitrogens is 6. The van der Waals surface area contributed by atoms with Crippen LogP contribution in [-0.2, 0) is 0 Å². The van der Waals surface area contributed by atoms with E-state index in [2.05, 4.69) is 35.3 Å². The van der Waals surface area contributed by atoms with Crippen LogP contribution < -0.4 is 21.8 Å². The zero-order chi connectivity index (χ0) is 20.8. The van der Waals surface area contributed by atoms with E-state index in [1.54, 1.807) is 0 Å². The van der Waals surface area contributed by atoms with E-state index in [4.69, 9.17) is 11.6 Å². The lowest BCUT2D eigenvalue weighted by atomic mass is 10.3. The number of H-pyrrole nitrogens is 2. The van der Waals surface area contributed by atoms with Crippen molar-refractivity contribution in [2.75, 3.05) is 5.32 Å². The van der Waals surface area contributed by atoms with Gasteiger partial charge in [0.2, 0.25) is 11.8 Å². The number of halogens is 2. The van der Waals surface area contributed by atoms with Gasteiger partial charge in [-0.3, -0.25) is 4.98 Å². The zero-order valence-electron chi connectivity index (χ0n) is 15.2. The molecule has 4 aromatic rings. The third-order valence-corrected chi connectivity index (χ3v) is 4.72. The Bertz CT molecular complexity index is 1450. The van der Waals surface area contributed by atoms with Gasteiger partial charge < -0.3 is 15.4 Å². The Balaban J connectivity index is 1.67. The van der Waals surface area contributed by atoms with Crippen LogP contribution in [0, 0.1) is 5.82 Å². The van der Waals surface area contributed by atoms with Gasteiger partial charge in [0.25, 0.3) is 5.62 Å². The van der Waals surface area contributed by atoms with E-state index >= 15 is 0 Å². The quantitative estimate of drug-likeness (QED) is 0.382. The second-order valence-corrected chi connectivity index (χ2v) is 7.19. The Kier molecular flexibility index (Phi) is 4.24. The monoisotopic (exact) mass is 428 g/mol. The highest BCUT2D eigenvalue weighted by molar-refractivity contribution is 6.31. The molecule has 0 saturated heterocycles. The van der Waals surface area contributed by atoms with E-state index in [1.807, 2.05) is 0 Å². The number of nitrogens with zero attached hydrogens (tertiary/aromatic N) is 5. The second-order valence-electron chi connectivity index (χ2n) is 6.78. The number of hydrogen-bond acceptors (Lipinski definition) is 7. The van der Waals surface area contributed by atoms with Gasteiger partial charge in [-0.15, -0.1) is 0 Å². The van der Waals surface area contributed by atoms with Crippen molar-refractivity contribution >= 4 is 35.0 Å². The van der Waals surface area contributed by atoms with Crippen LogP contribution in [0.4, 0.5) is 16.0 Å². The van der Waals surface area contributed by atoms with Crippen LogP contribution in [0.15, 0.2) is 34.2 Å². The molecule has 12 heteroatoms. The molecule has 152 valence electrons. The van der Waals surface area contributed by atoms with Gasteiger partial charge >= 0.3 is 5.69 Å². The van der Waals surface area contributed by atoms with Gasteiger partial charge in [-0.05, 0) is 37.1 Å². The van der Waals surface area contributed by atoms with Gasteiger partial charge in [-0.25, -0.2) is 14.2 Å². The molecular weight excluding hydrogens is 415 g/mol. The molecule has 1 saturated carbocycles. The molecule has 3 aromatic heterocycles. The van der Waals surface area contributed by atoms with Gasteiger partial charge in [0, 0.05) is 10.9 Å². The standard InChI is InChI=1S/C18H14ClFN8O2/c19-11-6-10(3-4-12(11)20)22-16-25-14-8(5-13-15(29)26-18(30)24-13)7-21-28(14)17(27-16)23-9-1-2-9/h3-7,9,29H,1-2H2,(H,22,23,27)(H2,24,26,30). The molecule has 0 aliphatic heterocycles. The Morgan fingerprint density at radius 3 is 2.87 bits per heavy atom. The van der Waals surface area contributed by atoms with E-state index < -0.39 is 11.5 Å². The van der Waals surface area contributed by atoms with Gasteiger partial charge in [0.1, 0.15) is 11.5 Å². The highest BCUT2D eigenvalue weighted by Crippen LogP contribution is 2.23. The number of anilines is 2. The highest BCUT2D eigenvalue weighted by Gasteiger charge is 2.21. The molecule has 0 spiro atoms. The maximum atomic E-state index is 13.4. The summed E-state index contributed by atoms with van der Waals surface area (Å²) in [5, 5.41) is 17.6. The smallest absolute Gasteiger partial charge is 0.326 e. The van der Waals surface area contributed by atoms with Crippen molar-refractivity contribution in [2.45, 2.75) is 18.9 Å². The molecule has 3 heterocycles. The minimum absolute atomic E-state index is 0.0331. The predicted molar refractivity (Wildman–Crippen MR) is 106 cm³/mol. The van der Waals surface area contributed by atoms with Crippen LogP contribution >= 0.6 is 11.6 Å². The Labute approximate surface area is 171 Å². The molecule has 1 aliphatic rings. The fraction of sp³-hybridized carbons (Fsp3) is 0.167. The van der Waals surface area contributed by atoms with Crippen molar-refractivity contribution < 1.29 is 9.50 Å². The van der Waals surface area contributed by atoms with Crippen molar-refractivity contribution in [3.63, 3.8) is 0 Å². The van der Waals surface area contributed by atoms with Crippen LogP contribution in [0.3, 0.4) is 0 Å². The first-order valence-corrected chi connectivity index (χ1v) is 9.39. The lowest BCUT2D eigenvalue weighted by Gasteiger charge is -2.06. The third-order valence-electron chi connectivity index (χ3n) is 4.43. The highest BCUT2D eigenvalue weighted by atomic mass is 35.5. The van der Waals surface area contributed by atoms with Gasteiger partial charge in [0.05, 0.1) is 17.3 Å². The largest absolute Gasteiger partial charge is 0.493 e. The van der Waals surface area contributed by atoms with E-state index in [9.17, 15) is 14.3 Å². The maximum absolute atomic E-state index is 13.4. The van der Waals surface area contributed by atoms with Gasteiger partial charge in [-0.2, -0.15) is 19.6 Å². The number of imidazole rings is 1. The van der Waals surface area contributed by atoms with E-state index in [1.165, 1.54) is 35.0 Å². The van der Waals surface area contributed by atoms with E-state index in [0.717, 1.165) is 12.8 Å². The molecule has 1 aromatic carbocycles. The molecule has 0 atom stereocenters. The number of hydrogen-bond donors (Lipinski definition) is 4. The molecule has 0 unspecified atom stereocenters. The van der Waals surface area contributed by atoms with Crippen molar-refractivity contribution in [1.82, 2.24) is 29.5 Å². The predicted octanol–water partition coefficient (Wildman–Crippen LogP) is 0.993. The molecule has 30 heavy (non-hydrogen) atoms. The van der Waals surface area contributed by atoms with Gasteiger partial charge in [0.15, 0.2) is 5.65 Å². The Morgan fingerprint density at radius 1 is 1.33 bits per heavy atom. The Hall–Kier alpha value is -3.73. The number of benzene rings is 1. The summed E-state index contributed by atoms with van der Waals surface area (Å²) in [6, 6.07) is 4.35. The summed E-state index contributed by atoms with van der Waals surface area (Å²) in [6.07, 6.45) is 5.00. The summed E-state index contributed by atoms with van der Waals surface area (Å²) in [5.41, 5.74) is 0.908. The topological polar surface area (TPSA) is 136 Å². The summed E-state index contributed by atoms with van der Waals surface area (Å²) in [5.74, 6) is -0.613. The first-order chi connectivity index (χ1) is 14.5. The molecule has 10 nitrogen and oxygen atoms in total. The summed E-state index contributed by atoms with van der Waals surface area (Å²) in [7, 11) is 0. The van der Waals surface area contributed by atoms with Crippen LogP contribution in [0.5, 0.6) is 5.88 Å². The van der Waals surface area contributed by atoms with E-state index in [0.29, 0.717) is 22.2 Å².